The second kappa shape index (κ2) is 14.6. The first-order chi connectivity index (χ1) is 19.5. The van der Waals surface area contributed by atoms with E-state index >= 15 is 0 Å². The van der Waals surface area contributed by atoms with Crippen LogP contribution in [0.3, 0.4) is 0 Å². The molecule has 0 aliphatic heterocycles. The van der Waals surface area contributed by atoms with Crippen LogP contribution in [0, 0.1) is 35.5 Å². The zero-order valence-corrected chi connectivity index (χ0v) is 24.9. The Bertz CT molecular complexity index is 931. The molecule has 0 aromatic rings. The fourth-order valence-corrected chi connectivity index (χ4v) is 8.10. The van der Waals surface area contributed by atoms with Crippen LogP contribution in [-0.2, 0) is 14.2 Å². The summed E-state index contributed by atoms with van der Waals surface area (Å²) in [6.07, 6.45) is 24.7. The van der Waals surface area contributed by atoms with E-state index in [-0.39, 0.29) is 5.76 Å². The molecule has 0 N–H and O–H groups in total. The van der Waals surface area contributed by atoms with Crippen LogP contribution in [-0.4, -0.2) is 38.2 Å². The molecule has 0 aromatic heterocycles. The molecule has 3 fully saturated rings. The highest BCUT2D eigenvalue weighted by Gasteiger charge is 2.38. The first-order valence-electron chi connectivity index (χ1n) is 16.5. The smallest absolute Gasteiger partial charge is 0.185 e. The lowest BCUT2D eigenvalue weighted by Gasteiger charge is -2.43. The first kappa shape index (κ1) is 30.0. The molecular formula is C35H52F2O3. The number of rotatable bonds is 11. The van der Waals surface area contributed by atoms with Gasteiger partial charge in [-0.2, -0.15) is 0 Å². The molecule has 3 nitrogen and oxygen atoms in total. The molecule has 224 valence electrons. The first-order valence-corrected chi connectivity index (χ1v) is 16.5. The molecule has 0 saturated heterocycles. The summed E-state index contributed by atoms with van der Waals surface area (Å²) in [4.78, 5) is 0. The Kier molecular flexibility index (Phi) is 11.0. The molecule has 5 rings (SSSR count). The Hall–Kier alpha value is -1.46. The van der Waals surface area contributed by atoms with E-state index in [9.17, 15) is 8.78 Å². The minimum absolute atomic E-state index is 0.00112. The summed E-state index contributed by atoms with van der Waals surface area (Å²) in [5, 5.41) is 0. The van der Waals surface area contributed by atoms with Gasteiger partial charge in [0, 0.05) is 5.92 Å². The van der Waals surface area contributed by atoms with Crippen molar-refractivity contribution in [2.45, 2.75) is 116 Å². The van der Waals surface area contributed by atoms with E-state index in [0.29, 0.717) is 37.1 Å². The molecule has 3 saturated carbocycles. The van der Waals surface area contributed by atoms with Crippen LogP contribution in [0.25, 0.3) is 0 Å². The van der Waals surface area contributed by atoms with Gasteiger partial charge in [-0.3, -0.25) is 0 Å². The number of hydrogen-bond acceptors (Lipinski definition) is 3. The van der Waals surface area contributed by atoms with Gasteiger partial charge in [-0.15, -0.1) is 0 Å². The SMILES string of the molecule is CCCC1CCC(OCC2C=CC(C3CCC4CC(COC5C=CC(OCC)=C(F)C5F)CCC4C3)=CC2)CC1. The molecule has 5 aliphatic rings. The number of allylic oxidation sites excluding steroid dienone is 4. The van der Waals surface area contributed by atoms with Gasteiger partial charge >= 0.3 is 0 Å². The highest BCUT2D eigenvalue weighted by molar-refractivity contribution is 5.28. The Morgan fingerprint density at radius 2 is 1.60 bits per heavy atom. The Labute approximate surface area is 241 Å². The summed E-state index contributed by atoms with van der Waals surface area (Å²) in [7, 11) is 0. The zero-order valence-electron chi connectivity index (χ0n) is 24.9. The summed E-state index contributed by atoms with van der Waals surface area (Å²) in [5.74, 6) is 3.27. The Balaban J connectivity index is 1.00. The molecule has 7 atom stereocenters. The van der Waals surface area contributed by atoms with Crippen molar-refractivity contribution in [2.24, 2.45) is 35.5 Å². The highest BCUT2D eigenvalue weighted by Crippen LogP contribution is 2.47. The standard InChI is InChI=1S/C35H52F2O3/c1-3-5-24-9-16-31(17-10-24)39-22-25-6-11-27(12-7-25)29-15-14-28-20-26(8-13-30(28)21-29)23-40-33-19-18-32(38-4-2)34(36)35(33)37/h6,11-12,18-19,24-26,28-31,33,35H,3-5,7-10,13-17,20-23H2,1-2H3. The van der Waals surface area contributed by atoms with Crippen molar-refractivity contribution in [2.75, 3.05) is 19.8 Å². The largest absolute Gasteiger partial charge is 0.491 e. The van der Waals surface area contributed by atoms with Crippen LogP contribution >= 0.6 is 0 Å². The van der Waals surface area contributed by atoms with Crippen LogP contribution in [0.2, 0.25) is 0 Å². The van der Waals surface area contributed by atoms with Crippen LogP contribution in [0.1, 0.15) is 97.3 Å². The van der Waals surface area contributed by atoms with Crippen molar-refractivity contribution in [3.63, 3.8) is 0 Å². The third-order valence-electron chi connectivity index (χ3n) is 10.5. The minimum atomic E-state index is -1.77. The number of fused-ring (bicyclic) bond motifs is 1. The van der Waals surface area contributed by atoms with Crippen molar-refractivity contribution in [3.05, 3.63) is 47.5 Å². The van der Waals surface area contributed by atoms with Crippen molar-refractivity contribution in [1.82, 2.24) is 0 Å². The van der Waals surface area contributed by atoms with Gasteiger partial charge in [-0.05, 0) is 125 Å². The summed E-state index contributed by atoms with van der Waals surface area (Å²) in [6, 6.07) is 0. The van der Waals surface area contributed by atoms with Gasteiger partial charge < -0.3 is 14.2 Å². The average molecular weight is 559 g/mol. The van der Waals surface area contributed by atoms with Gasteiger partial charge in [0.1, 0.15) is 6.10 Å². The van der Waals surface area contributed by atoms with E-state index in [2.05, 4.69) is 25.2 Å². The number of halogens is 2. The third-order valence-corrected chi connectivity index (χ3v) is 10.5. The summed E-state index contributed by atoms with van der Waals surface area (Å²) >= 11 is 0. The molecule has 7 unspecified atom stereocenters. The maximum atomic E-state index is 14.5. The fraction of sp³-hybridized carbons (Fsp3) is 0.771. The molecule has 5 heteroatoms. The molecule has 0 radical (unpaired) electrons. The second-order valence-corrected chi connectivity index (χ2v) is 13.2. The van der Waals surface area contributed by atoms with Crippen molar-refractivity contribution < 1.29 is 23.0 Å². The topological polar surface area (TPSA) is 27.7 Å². The Morgan fingerprint density at radius 1 is 0.825 bits per heavy atom. The number of alkyl halides is 1. The minimum Gasteiger partial charge on any atom is -0.491 e. The summed E-state index contributed by atoms with van der Waals surface area (Å²) in [5.41, 5.74) is 1.56. The van der Waals surface area contributed by atoms with Crippen molar-refractivity contribution in [3.8, 4) is 0 Å². The van der Waals surface area contributed by atoms with Gasteiger partial charge in [0.15, 0.2) is 17.8 Å². The Morgan fingerprint density at radius 3 is 2.35 bits per heavy atom. The van der Waals surface area contributed by atoms with Crippen LogP contribution < -0.4 is 0 Å². The van der Waals surface area contributed by atoms with E-state index in [1.807, 2.05) is 0 Å². The lowest BCUT2D eigenvalue weighted by atomic mass is 9.63. The highest BCUT2D eigenvalue weighted by atomic mass is 19.2. The molecular weight excluding hydrogens is 506 g/mol. The van der Waals surface area contributed by atoms with Gasteiger partial charge in [0.2, 0.25) is 0 Å². The summed E-state index contributed by atoms with van der Waals surface area (Å²) < 4.78 is 46.2. The molecule has 0 bridgehead atoms. The summed E-state index contributed by atoms with van der Waals surface area (Å²) in [6.45, 7) is 5.77. The molecule has 5 aliphatic carbocycles. The predicted octanol–water partition coefficient (Wildman–Crippen LogP) is 9.21. The molecule has 0 heterocycles. The van der Waals surface area contributed by atoms with E-state index < -0.39 is 18.1 Å². The number of hydrogen-bond donors (Lipinski definition) is 0. The van der Waals surface area contributed by atoms with E-state index in [0.717, 1.165) is 43.6 Å². The van der Waals surface area contributed by atoms with E-state index in [1.54, 1.807) is 18.6 Å². The normalized spacial score (nSPS) is 38.2. The van der Waals surface area contributed by atoms with Gasteiger partial charge in [-0.25, -0.2) is 8.78 Å². The van der Waals surface area contributed by atoms with Crippen LogP contribution in [0.4, 0.5) is 8.78 Å². The lowest BCUT2D eigenvalue weighted by Crippen LogP contribution is -2.35. The monoisotopic (exact) mass is 558 g/mol. The third kappa shape index (κ3) is 7.68. The second-order valence-electron chi connectivity index (χ2n) is 13.2. The molecule has 0 aromatic carbocycles. The van der Waals surface area contributed by atoms with E-state index in [1.165, 1.54) is 70.3 Å². The number of ether oxygens (including phenoxy) is 3. The quantitative estimate of drug-likeness (QED) is 0.253. The molecule has 0 spiro atoms. The maximum Gasteiger partial charge on any atom is 0.185 e. The lowest BCUT2D eigenvalue weighted by molar-refractivity contribution is -0.0122. The maximum absolute atomic E-state index is 14.5. The van der Waals surface area contributed by atoms with Crippen LogP contribution in [0.5, 0.6) is 0 Å². The van der Waals surface area contributed by atoms with E-state index in [4.69, 9.17) is 14.2 Å². The fourth-order valence-electron chi connectivity index (χ4n) is 8.10. The predicted molar refractivity (Wildman–Crippen MR) is 157 cm³/mol. The van der Waals surface area contributed by atoms with Gasteiger partial charge in [0.05, 0.1) is 25.9 Å². The van der Waals surface area contributed by atoms with Crippen molar-refractivity contribution >= 4 is 0 Å². The van der Waals surface area contributed by atoms with Gasteiger partial charge in [0.25, 0.3) is 0 Å². The van der Waals surface area contributed by atoms with Crippen molar-refractivity contribution in [1.29, 1.82) is 0 Å². The average Bonchev–Trinajstić information content (AvgIpc) is 2.99. The zero-order chi connectivity index (χ0) is 27.9. The van der Waals surface area contributed by atoms with Crippen LogP contribution in [0.15, 0.2) is 47.5 Å². The molecule has 0 amide bonds. The molecule has 40 heavy (non-hydrogen) atoms. The van der Waals surface area contributed by atoms with Gasteiger partial charge in [-0.1, -0.05) is 38.0 Å².